The highest BCUT2D eigenvalue weighted by Gasteiger charge is 2.34. The molecule has 0 radical (unpaired) electrons. The van der Waals surface area contributed by atoms with Gasteiger partial charge in [-0.1, -0.05) is 18.7 Å². The van der Waals surface area contributed by atoms with Crippen molar-refractivity contribution in [3.8, 4) is 0 Å². The first-order valence-corrected chi connectivity index (χ1v) is 6.72. The summed E-state index contributed by atoms with van der Waals surface area (Å²) in [6.07, 6.45) is 4.35. The number of hydrogen-bond donors (Lipinski definition) is 1. The maximum atomic E-state index is 11.8. The summed E-state index contributed by atoms with van der Waals surface area (Å²) in [4.78, 5) is 16.0. The van der Waals surface area contributed by atoms with Crippen LogP contribution in [0.25, 0.3) is 0 Å². The van der Waals surface area contributed by atoms with Crippen LogP contribution in [0.3, 0.4) is 0 Å². The second-order valence-corrected chi connectivity index (χ2v) is 5.93. The lowest BCUT2D eigenvalue weighted by Gasteiger charge is -2.28. The van der Waals surface area contributed by atoms with E-state index in [-0.39, 0.29) is 11.2 Å². The maximum Gasteiger partial charge on any atom is 0.325 e. The van der Waals surface area contributed by atoms with E-state index >= 15 is 0 Å². The van der Waals surface area contributed by atoms with Crippen molar-refractivity contribution in [2.24, 2.45) is 7.05 Å². The van der Waals surface area contributed by atoms with Gasteiger partial charge in [-0.3, -0.25) is 4.79 Å². The fourth-order valence-electron chi connectivity index (χ4n) is 1.77. The molecule has 5 nitrogen and oxygen atoms in total. The Hall–Kier alpha value is -1.01. The fourth-order valence-corrected chi connectivity index (χ4v) is 2.90. The van der Waals surface area contributed by atoms with Crippen LogP contribution in [-0.4, -0.2) is 40.5 Å². The molecule has 0 aromatic carbocycles. The van der Waals surface area contributed by atoms with Crippen molar-refractivity contribution in [3.63, 3.8) is 0 Å². The van der Waals surface area contributed by atoms with E-state index in [9.17, 15) is 4.79 Å². The first kappa shape index (κ1) is 15.0. The molecular weight excluding hydrogens is 250 g/mol. The third-order valence-corrected chi connectivity index (χ3v) is 4.14. The van der Waals surface area contributed by atoms with E-state index in [2.05, 4.69) is 17.2 Å². The molecule has 0 saturated carbocycles. The molecule has 1 rings (SSSR count). The zero-order valence-corrected chi connectivity index (χ0v) is 12.4. The van der Waals surface area contributed by atoms with Crippen LogP contribution in [-0.2, 0) is 16.6 Å². The van der Waals surface area contributed by atoms with Gasteiger partial charge in [0.1, 0.15) is 5.54 Å². The highest BCUT2D eigenvalue weighted by Crippen LogP contribution is 2.27. The SMILES string of the molecule is CNC(C)(CC(C)Sc1nccn1C)C(=O)OC. The Morgan fingerprint density at radius 1 is 1.72 bits per heavy atom. The molecule has 0 saturated heterocycles. The molecule has 0 aliphatic carbocycles. The summed E-state index contributed by atoms with van der Waals surface area (Å²) in [7, 11) is 5.14. The lowest BCUT2D eigenvalue weighted by atomic mass is 9.96. The molecule has 1 aromatic heterocycles. The minimum Gasteiger partial charge on any atom is -0.468 e. The van der Waals surface area contributed by atoms with Gasteiger partial charge in [0, 0.05) is 24.7 Å². The number of likely N-dealkylation sites (N-methyl/N-ethyl adjacent to an activating group) is 1. The Bertz CT molecular complexity index is 408. The molecule has 18 heavy (non-hydrogen) atoms. The summed E-state index contributed by atoms with van der Waals surface area (Å²) in [5.74, 6) is -0.239. The third-order valence-electron chi connectivity index (χ3n) is 2.97. The molecule has 0 aliphatic heterocycles. The Labute approximate surface area is 112 Å². The number of carbonyl (C=O) groups is 1. The number of esters is 1. The zero-order valence-electron chi connectivity index (χ0n) is 11.6. The molecule has 1 heterocycles. The minimum atomic E-state index is -0.660. The van der Waals surface area contributed by atoms with Gasteiger partial charge in [-0.2, -0.15) is 0 Å². The number of aryl methyl sites for hydroxylation is 1. The van der Waals surface area contributed by atoms with E-state index < -0.39 is 5.54 Å². The van der Waals surface area contributed by atoms with Gasteiger partial charge in [-0.25, -0.2) is 4.98 Å². The van der Waals surface area contributed by atoms with Crippen molar-refractivity contribution in [2.75, 3.05) is 14.2 Å². The average Bonchev–Trinajstić information content (AvgIpc) is 2.73. The molecule has 0 bridgehead atoms. The summed E-state index contributed by atoms with van der Waals surface area (Å²) in [5, 5.41) is 4.24. The van der Waals surface area contributed by atoms with Crippen molar-refractivity contribution in [2.45, 2.75) is 36.2 Å². The van der Waals surface area contributed by atoms with Gasteiger partial charge >= 0.3 is 5.97 Å². The molecule has 1 aromatic rings. The molecule has 2 unspecified atom stereocenters. The van der Waals surface area contributed by atoms with E-state index in [0.29, 0.717) is 6.42 Å². The number of imidazole rings is 1. The number of nitrogens with zero attached hydrogens (tertiary/aromatic N) is 2. The van der Waals surface area contributed by atoms with E-state index in [4.69, 9.17) is 4.74 Å². The maximum absolute atomic E-state index is 11.8. The van der Waals surface area contributed by atoms with Crippen molar-refractivity contribution in [3.05, 3.63) is 12.4 Å². The van der Waals surface area contributed by atoms with Crippen LogP contribution in [0.4, 0.5) is 0 Å². The summed E-state index contributed by atoms with van der Waals surface area (Å²) in [6, 6.07) is 0. The van der Waals surface area contributed by atoms with Crippen molar-refractivity contribution >= 4 is 17.7 Å². The smallest absolute Gasteiger partial charge is 0.325 e. The lowest BCUT2D eigenvalue weighted by molar-refractivity contribution is -0.147. The van der Waals surface area contributed by atoms with Crippen molar-refractivity contribution in [1.82, 2.24) is 14.9 Å². The topological polar surface area (TPSA) is 56.2 Å². The van der Waals surface area contributed by atoms with Crippen LogP contribution < -0.4 is 5.32 Å². The first-order valence-electron chi connectivity index (χ1n) is 5.84. The van der Waals surface area contributed by atoms with Gasteiger partial charge in [0.2, 0.25) is 0 Å². The second-order valence-electron chi connectivity index (χ2n) is 4.53. The van der Waals surface area contributed by atoms with Crippen LogP contribution in [0.15, 0.2) is 17.6 Å². The zero-order chi connectivity index (χ0) is 13.8. The highest BCUT2D eigenvalue weighted by molar-refractivity contribution is 7.99. The van der Waals surface area contributed by atoms with E-state index in [0.717, 1.165) is 5.16 Å². The normalized spacial score (nSPS) is 16.1. The molecule has 2 atom stereocenters. The third kappa shape index (κ3) is 3.49. The van der Waals surface area contributed by atoms with Crippen molar-refractivity contribution in [1.29, 1.82) is 0 Å². The number of methoxy groups -OCH3 is 1. The second kappa shape index (κ2) is 6.24. The molecular formula is C12H21N3O2S. The fraction of sp³-hybridized carbons (Fsp3) is 0.667. The quantitative estimate of drug-likeness (QED) is 0.627. The number of carbonyl (C=O) groups excluding carboxylic acids is 1. The molecule has 102 valence electrons. The van der Waals surface area contributed by atoms with Crippen LogP contribution in [0.2, 0.25) is 0 Å². The number of ether oxygens (including phenoxy) is 1. The Morgan fingerprint density at radius 3 is 2.83 bits per heavy atom. The number of aromatic nitrogens is 2. The van der Waals surface area contributed by atoms with Gasteiger partial charge < -0.3 is 14.6 Å². The number of rotatable bonds is 6. The number of nitrogens with one attached hydrogen (secondary N) is 1. The van der Waals surface area contributed by atoms with Crippen LogP contribution in [0.1, 0.15) is 20.3 Å². The van der Waals surface area contributed by atoms with Gasteiger partial charge in [0.25, 0.3) is 0 Å². The highest BCUT2D eigenvalue weighted by atomic mass is 32.2. The monoisotopic (exact) mass is 271 g/mol. The number of hydrogen-bond acceptors (Lipinski definition) is 5. The van der Waals surface area contributed by atoms with E-state index in [1.165, 1.54) is 7.11 Å². The Morgan fingerprint density at radius 2 is 2.39 bits per heavy atom. The largest absolute Gasteiger partial charge is 0.468 e. The molecule has 0 aliphatic rings. The summed E-state index contributed by atoms with van der Waals surface area (Å²) >= 11 is 1.65. The van der Waals surface area contributed by atoms with Gasteiger partial charge in [-0.15, -0.1) is 0 Å². The molecule has 1 N–H and O–H groups in total. The molecule has 0 spiro atoms. The van der Waals surface area contributed by atoms with E-state index in [1.807, 2.05) is 24.7 Å². The molecule has 0 fully saturated rings. The Kier molecular flexibility index (Phi) is 5.22. The van der Waals surface area contributed by atoms with Crippen LogP contribution in [0, 0.1) is 0 Å². The molecule has 6 heteroatoms. The van der Waals surface area contributed by atoms with Gasteiger partial charge in [-0.05, 0) is 20.4 Å². The summed E-state index contributed by atoms with van der Waals surface area (Å²) < 4.78 is 6.80. The van der Waals surface area contributed by atoms with Crippen LogP contribution in [0.5, 0.6) is 0 Å². The van der Waals surface area contributed by atoms with Gasteiger partial charge in [0.05, 0.1) is 7.11 Å². The minimum absolute atomic E-state index is 0.239. The number of thioether (sulfide) groups is 1. The average molecular weight is 271 g/mol. The standard InChI is InChI=1S/C12H21N3O2S/c1-9(18-11-14-6-7-15(11)4)8-12(2,13-3)10(16)17-5/h6-7,9,13H,8H2,1-5H3. The van der Waals surface area contributed by atoms with Gasteiger partial charge in [0.15, 0.2) is 5.16 Å². The predicted molar refractivity (Wildman–Crippen MR) is 72.6 cm³/mol. The Balaban J connectivity index is 2.65. The first-order chi connectivity index (χ1) is 8.42. The van der Waals surface area contributed by atoms with Crippen LogP contribution >= 0.6 is 11.8 Å². The predicted octanol–water partition coefficient (Wildman–Crippen LogP) is 1.44. The lowest BCUT2D eigenvalue weighted by Crippen LogP contribution is -2.49. The van der Waals surface area contributed by atoms with E-state index in [1.54, 1.807) is 25.0 Å². The summed E-state index contributed by atoms with van der Waals surface area (Å²) in [5.41, 5.74) is -0.660. The molecule has 0 amide bonds. The summed E-state index contributed by atoms with van der Waals surface area (Å²) in [6.45, 7) is 3.94. The van der Waals surface area contributed by atoms with Crippen molar-refractivity contribution < 1.29 is 9.53 Å².